The average molecular weight is 442 g/mol. The lowest BCUT2D eigenvalue weighted by Gasteiger charge is -2.27. The Labute approximate surface area is 192 Å². The highest BCUT2D eigenvalue weighted by Gasteiger charge is 2.16. The van der Waals surface area contributed by atoms with E-state index in [1.165, 1.54) is 23.8 Å². The van der Waals surface area contributed by atoms with Crippen molar-refractivity contribution in [2.45, 2.75) is 25.8 Å². The largest absolute Gasteiger partial charge is 0.419 e. The summed E-state index contributed by atoms with van der Waals surface area (Å²) in [5.74, 6) is -0.602. The molecule has 1 saturated heterocycles. The molecule has 33 heavy (non-hydrogen) atoms. The first-order valence-corrected chi connectivity index (χ1v) is 11.4. The fraction of sp³-hybridized carbons (Fsp3) is 0.259. The van der Waals surface area contributed by atoms with E-state index in [0.29, 0.717) is 22.4 Å². The van der Waals surface area contributed by atoms with Crippen LogP contribution in [0.3, 0.4) is 0 Å². The lowest BCUT2D eigenvalue weighted by atomic mass is 9.96. The van der Waals surface area contributed by atoms with Crippen molar-refractivity contribution in [3.8, 4) is 11.1 Å². The summed E-state index contributed by atoms with van der Waals surface area (Å²) in [6.07, 6.45) is 3.73. The minimum absolute atomic E-state index is 0.178. The number of amides is 1. The second-order valence-electron chi connectivity index (χ2n) is 8.64. The number of oxazole rings is 1. The Bertz CT molecular complexity index is 1350. The maximum absolute atomic E-state index is 13.1. The van der Waals surface area contributed by atoms with Gasteiger partial charge in [0.2, 0.25) is 0 Å². The number of likely N-dealkylation sites (tertiary alicyclic amines) is 1. The van der Waals surface area contributed by atoms with Gasteiger partial charge in [-0.3, -0.25) is 14.3 Å². The van der Waals surface area contributed by atoms with Crippen molar-refractivity contribution in [3.05, 3.63) is 88.4 Å². The molecule has 1 amide bonds. The predicted octanol–water partition coefficient (Wildman–Crippen LogP) is 5.04. The Morgan fingerprint density at radius 3 is 2.55 bits per heavy atom. The number of hydrogen-bond acceptors (Lipinski definition) is 4. The summed E-state index contributed by atoms with van der Waals surface area (Å²) in [5, 5.41) is 2.97. The van der Waals surface area contributed by atoms with E-state index in [9.17, 15) is 9.59 Å². The Morgan fingerprint density at radius 2 is 1.76 bits per heavy atom. The Kier molecular flexibility index (Phi) is 5.84. The van der Waals surface area contributed by atoms with Crippen molar-refractivity contribution in [2.75, 3.05) is 18.4 Å². The maximum Gasteiger partial charge on any atom is 0.419 e. The van der Waals surface area contributed by atoms with Crippen LogP contribution < -0.4 is 11.1 Å². The van der Waals surface area contributed by atoms with Crippen molar-refractivity contribution in [2.24, 2.45) is 7.05 Å². The van der Waals surface area contributed by atoms with Crippen LogP contribution in [0.25, 0.3) is 22.2 Å². The van der Waals surface area contributed by atoms with Crippen LogP contribution in [0.15, 0.2) is 75.9 Å². The molecule has 1 aromatic heterocycles. The van der Waals surface area contributed by atoms with Gasteiger partial charge < -0.3 is 9.73 Å². The molecule has 2 heterocycles. The van der Waals surface area contributed by atoms with E-state index in [-0.39, 0.29) is 5.91 Å². The standard InChI is InChI=1S/C27H27N3O3/c1-29-24-17-22(11-13-25(24)33-27(29)32)28-26(31)20-10-12-23(19-8-4-2-5-9-19)21(16-20)18-30-14-6-3-7-15-30/h2,4-5,8-13,16-17H,3,6-7,14-15,18H2,1H3,(H,28,31). The number of hydrogen-bond donors (Lipinski definition) is 1. The molecule has 168 valence electrons. The number of benzene rings is 3. The molecule has 4 aromatic rings. The molecule has 0 aliphatic carbocycles. The Balaban J connectivity index is 1.44. The molecule has 1 aliphatic heterocycles. The average Bonchev–Trinajstić information content (AvgIpc) is 3.13. The first kappa shape index (κ1) is 21.2. The molecule has 0 unspecified atom stereocenters. The van der Waals surface area contributed by atoms with Gasteiger partial charge in [0.15, 0.2) is 5.58 Å². The number of rotatable bonds is 5. The van der Waals surface area contributed by atoms with E-state index in [2.05, 4.69) is 22.3 Å². The molecule has 0 bridgehead atoms. The number of nitrogens with one attached hydrogen (secondary N) is 1. The summed E-state index contributed by atoms with van der Waals surface area (Å²) >= 11 is 0. The number of piperidine rings is 1. The van der Waals surface area contributed by atoms with Gasteiger partial charge in [0, 0.05) is 24.8 Å². The van der Waals surface area contributed by atoms with Crippen LogP contribution in [0.4, 0.5) is 5.69 Å². The third kappa shape index (κ3) is 4.47. The lowest BCUT2D eigenvalue weighted by Crippen LogP contribution is -2.29. The van der Waals surface area contributed by atoms with Crippen molar-refractivity contribution in [1.29, 1.82) is 0 Å². The second-order valence-corrected chi connectivity index (χ2v) is 8.64. The molecule has 3 aromatic carbocycles. The van der Waals surface area contributed by atoms with Crippen LogP contribution in [0, 0.1) is 0 Å². The van der Waals surface area contributed by atoms with E-state index < -0.39 is 5.76 Å². The van der Waals surface area contributed by atoms with Gasteiger partial charge in [0.05, 0.1) is 5.52 Å². The number of aryl methyl sites for hydroxylation is 1. The topological polar surface area (TPSA) is 67.5 Å². The molecule has 0 radical (unpaired) electrons. The molecule has 0 saturated carbocycles. The van der Waals surface area contributed by atoms with E-state index in [1.807, 2.05) is 36.4 Å². The number of anilines is 1. The van der Waals surface area contributed by atoms with Gasteiger partial charge in [-0.25, -0.2) is 4.79 Å². The first-order valence-electron chi connectivity index (χ1n) is 11.4. The third-order valence-corrected chi connectivity index (χ3v) is 6.34. The van der Waals surface area contributed by atoms with E-state index in [4.69, 9.17) is 4.42 Å². The van der Waals surface area contributed by atoms with Gasteiger partial charge >= 0.3 is 5.76 Å². The van der Waals surface area contributed by atoms with Crippen molar-refractivity contribution in [1.82, 2.24) is 9.47 Å². The van der Waals surface area contributed by atoms with E-state index >= 15 is 0 Å². The van der Waals surface area contributed by atoms with Gasteiger partial charge in [-0.15, -0.1) is 0 Å². The normalized spacial score (nSPS) is 14.5. The molecule has 6 heteroatoms. The second kappa shape index (κ2) is 9.08. The maximum atomic E-state index is 13.1. The minimum atomic E-state index is -0.424. The summed E-state index contributed by atoms with van der Waals surface area (Å²) < 4.78 is 6.60. The lowest BCUT2D eigenvalue weighted by molar-refractivity contribution is 0.102. The third-order valence-electron chi connectivity index (χ3n) is 6.34. The zero-order valence-electron chi connectivity index (χ0n) is 18.7. The van der Waals surface area contributed by atoms with Crippen LogP contribution in [0.1, 0.15) is 35.2 Å². The Hall–Kier alpha value is -3.64. The fourth-order valence-corrected chi connectivity index (χ4v) is 4.53. The molecule has 1 aliphatic rings. The summed E-state index contributed by atoms with van der Waals surface area (Å²) in [5.41, 5.74) is 5.84. The molecular weight excluding hydrogens is 414 g/mol. The first-order chi connectivity index (χ1) is 16.1. The predicted molar refractivity (Wildman–Crippen MR) is 130 cm³/mol. The summed E-state index contributed by atoms with van der Waals surface area (Å²) in [4.78, 5) is 27.3. The number of nitrogens with zero attached hydrogens (tertiary/aromatic N) is 2. The number of fused-ring (bicyclic) bond motifs is 1. The van der Waals surface area contributed by atoms with Crippen molar-refractivity contribution < 1.29 is 9.21 Å². The Morgan fingerprint density at radius 1 is 0.970 bits per heavy atom. The zero-order chi connectivity index (χ0) is 22.8. The number of carbonyl (C=O) groups excluding carboxylic acids is 1. The van der Waals surface area contributed by atoms with Crippen LogP contribution in [-0.4, -0.2) is 28.5 Å². The molecule has 1 N–H and O–H groups in total. The smallest absolute Gasteiger partial charge is 0.408 e. The molecule has 5 rings (SSSR count). The van der Waals surface area contributed by atoms with Gasteiger partial charge in [0.25, 0.3) is 5.91 Å². The highest BCUT2D eigenvalue weighted by Crippen LogP contribution is 2.27. The number of carbonyl (C=O) groups is 1. The van der Waals surface area contributed by atoms with Gasteiger partial charge in [-0.2, -0.15) is 0 Å². The van der Waals surface area contributed by atoms with Crippen LogP contribution in [0.2, 0.25) is 0 Å². The van der Waals surface area contributed by atoms with Crippen LogP contribution in [-0.2, 0) is 13.6 Å². The summed E-state index contributed by atoms with van der Waals surface area (Å²) in [6, 6.07) is 21.5. The molecule has 1 fully saturated rings. The van der Waals surface area contributed by atoms with Crippen LogP contribution >= 0.6 is 0 Å². The minimum Gasteiger partial charge on any atom is -0.408 e. The summed E-state index contributed by atoms with van der Waals surface area (Å²) in [6.45, 7) is 3.01. The highest BCUT2D eigenvalue weighted by molar-refractivity contribution is 6.05. The van der Waals surface area contributed by atoms with Crippen molar-refractivity contribution in [3.63, 3.8) is 0 Å². The summed E-state index contributed by atoms with van der Waals surface area (Å²) in [7, 11) is 1.65. The molecule has 0 atom stereocenters. The highest BCUT2D eigenvalue weighted by atomic mass is 16.4. The van der Waals surface area contributed by atoms with Crippen molar-refractivity contribution >= 4 is 22.7 Å². The van der Waals surface area contributed by atoms with Gasteiger partial charge in [0.1, 0.15) is 0 Å². The van der Waals surface area contributed by atoms with E-state index in [1.54, 1.807) is 25.2 Å². The van der Waals surface area contributed by atoms with Crippen LogP contribution in [0.5, 0.6) is 0 Å². The molecule has 0 spiro atoms. The molecule has 6 nitrogen and oxygen atoms in total. The van der Waals surface area contributed by atoms with Gasteiger partial charge in [-0.1, -0.05) is 42.8 Å². The van der Waals surface area contributed by atoms with E-state index in [0.717, 1.165) is 36.3 Å². The zero-order valence-corrected chi connectivity index (χ0v) is 18.7. The van der Waals surface area contributed by atoms with Gasteiger partial charge in [-0.05, 0) is 73.0 Å². The SMILES string of the molecule is Cn1c(=O)oc2ccc(NC(=O)c3ccc(-c4ccccc4)c(CN4CCCCC4)c3)cc21. The monoisotopic (exact) mass is 441 g/mol. The quantitative estimate of drug-likeness (QED) is 0.471. The number of aromatic nitrogens is 1. The molecular formula is C27H27N3O3. The fourth-order valence-electron chi connectivity index (χ4n) is 4.53.